The van der Waals surface area contributed by atoms with Crippen LogP contribution in [0.15, 0.2) is 47.4 Å². The van der Waals surface area contributed by atoms with Crippen LogP contribution in [0, 0.1) is 17.0 Å². The molecule has 0 atom stereocenters. The fraction of sp³-hybridized carbons (Fsp3) is 0.158. The van der Waals surface area contributed by atoms with E-state index < -0.39 is 10.8 Å². The van der Waals surface area contributed by atoms with Gasteiger partial charge in [0.15, 0.2) is 5.13 Å². The zero-order valence-corrected chi connectivity index (χ0v) is 17.0. The van der Waals surface area contributed by atoms with Crippen LogP contribution in [-0.4, -0.2) is 29.2 Å². The van der Waals surface area contributed by atoms with Crippen LogP contribution in [0.1, 0.15) is 15.2 Å². The van der Waals surface area contributed by atoms with Gasteiger partial charge in [0.2, 0.25) is 0 Å². The van der Waals surface area contributed by atoms with Crippen molar-refractivity contribution in [1.82, 2.24) is 4.98 Å². The second-order valence-corrected chi connectivity index (χ2v) is 7.80. The standard InChI is InChI=1S/C19H17N3O4S2/c1-11-17(12-4-7-14(26-2)8-5-12)20-19(28-11)21-18(23)13-6-9-16(27-3)15(10-13)22(24)25/h4-10H,1-3H3,(H,20,21,23). The number of ether oxygens (including phenoxy) is 1. The van der Waals surface area contributed by atoms with E-state index in [1.165, 1.54) is 29.2 Å². The van der Waals surface area contributed by atoms with Crippen molar-refractivity contribution in [3.63, 3.8) is 0 Å². The summed E-state index contributed by atoms with van der Waals surface area (Å²) in [6.07, 6.45) is 1.75. The summed E-state index contributed by atoms with van der Waals surface area (Å²) in [5, 5.41) is 14.4. The van der Waals surface area contributed by atoms with E-state index in [1.54, 1.807) is 25.5 Å². The number of aryl methyl sites for hydroxylation is 1. The van der Waals surface area contributed by atoms with E-state index in [2.05, 4.69) is 10.3 Å². The molecule has 3 aromatic rings. The lowest BCUT2D eigenvalue weighted by atomic mass is 10.1. The first-order valence-corrected chi connectivity index (χ1v) is 10.2. The molecule has 0 unspecified atom stereocenters. The van der Waals surface area contributed by atoms with Crippen LogP contribution < -0.4 is 10.1 Å². The highest BCUT2D eigenvalue weighted by Crippen LogP contribution is 2.32. The molecular formula is C19H17N3O4S2. The number of nitrogens with zero attached hydrogens (tertiary/aromatic N) is 2. The molecule has 0 saturated carbocycles. The molecule has 0 aliphatic heterocycles. The average Bonchev–Trinajstić information content (AvgIpc) is 3.07. The van der Waals surface area contributed by atoms with Crippen molar-refractivity contribution in [3.8, 4) is 17.0 Å². The minimum absolute atomic E-state index is 0.0885. The number of hydrogen-bond acceptors (Lipinski definition) is 7. The minimum Gasteiger partial charge on any atom is -0.497 e. The summed E-state index contributed by atoms with van der Waals surface area (Å²) in [7, 11) is 1.60. The number of nitro benzene ring substituents is 1. The Balaban J connectivity index is 1.83. The number of aromatic nitrogens is 1. The second kappa shape index (κ2) is 8.41. The smallest absolute Gasteiger partial charge is 0.283 e. The third-order valence-electron chi connectivity index (χ3n) is 4.02. The van der Waals surface area contributed by atoms with Crippen LogP contribution in [0.2, 0.25) is 0 Å². The van der Waals surface area contributed by atoms with Crippen LogP contribution in [0.4, 0.5) is 10.8 Å². The Labute approximate surface area is 169 Å². The lowest BCUT2D eigenvalue weighted by molar-refractivity contribution is -0.387. The highest BCUT2D eigenvalue weighted by molar-refractivity contribution is 7.98. The van der Waals surface area contributed by atoms with Gasteiger partial charge in [0.05, 0.1) is 22.6 Å². The number of methoxy groups -OCH3 is 1. The summed E-state index contributed by atoms with van der Waals surface area (Å²) >= 11 is 2.61. The molecule has 9 heteroatoms. The number of carbonyl (C=O) groups excluding carboxylic acids is 1. The number of thioether (sulfide) groups is 1. The molecule has 1 heterocycles. The quantitative estimate of drug-likeness (QED) is 0.345. The molecule has 1 amide bonds. The first kappa shape index (κ1) is 19.8. The van der Waals surface area contributed by atoms with Gasteiger partial charge in [-0.2, -0.15) is 0 Å². The van der Waals surface area contributed by atoms with Gasteiger partial charge < -0.3 is 4.74 Å². The summed E-state index contributed by atoms with van der Waals surface area (Å²) in [6.45, 7) is 1.92. The normalized spacial score (nSPS) is 10.5. The van der Waals surface area contributed by atoms with Crippen LogP contribution in [0.5, 0.6) is 5.75 Å². The number of benzene rings is 2. The molecule has 0 aliphatic rings. The third-order valence-corrected chi connectivity index (χ3v) is 5.69. The summed E-state index contributed by atoms with van der Waals surface area (Å²) in [4.78, 5) is 29.2. The fourth-order valence-electron chi connectivity index (χ4n) is 2.61. The topological polar surface area (TPSA) is 94.4 Å². The van der Waals surface area contributed by atoms with Crippen molar-refractivity contribution < 1.29 is 14.5 Å². The van der Waals surface area contributed by atoms with Gasteiger partial charge >= 0.3 is 0 Å². The van der Waals surface area contributed by atoms with E-state index in [0.717, 1.165) is 21.9 Å². The third kappa shape index (κ3) is 4.15. The summed E-state index contributed by atoms with van der Waals surface area (Å²) < 4.78 is 5.16. The molecule has 0 saturated heterocycles. The van der Waals surface area contributed by atoms with Gasteiger partial charge in [0.25, 0.3) is 11.6 Å². The zero-order chi connectivity index (χ0) is 20.3. The van der Waals surface area contributed by atoms with Crippen LogP contribution >= 0.6 is 23.1 Å². The molecule has 0 aliphatic carbocycles. The Hall–Kier alpha value is -2.91. The Morgan fingerprint density at radius 2 is 1.96 bits per heavy atom. The predicted molar refractivity (Wildman–Crippen MR) is 112 cm³/mol. The van der Waals surface area contributed by atoms with Crippen molar-refractivity contribution in [2.75, 3.05) is 18.7 Å². The number of amides is 1. The Bertz CT molecular complexity index is 1030. The number of nitro groups is 1. The number of rotatable bonds is 6. The minimum atomic E-state index is -0.488. The molecule has 2 aromatic carbocycles. The summed E-state index contributed by atoms with van der Waals surface area (Å²) in [6, 6.07) is 11.9. The van der Waals surface area contributed by atoms with E-state index in [1.807, 2.05) is 31.2 Å². The first-order valence-electron chi connectivity index (χ1n) is 8.18. The molecule has 0 spiro atoms. The lowest BCUT2D eigenvalue weighted by Crippen LogP contribution is -2.12. The monoisotopic (exact) mass is 415 g/mol. The van der Waals surface area contributed by atoms with E-state index in [-0.39, 0.29) is 11.3 Å². The van der Waals surface area contributed by atoms with Gasteiger partial charge in [-0.1, -0.05) is 0 Å². The van der Waals surface area contributed by atoms with Crippen molar-refractivity contribution in [1.29, 1.82) is 0 Å². The van der Waals surface area contributed by atoms with Crippen molar-refractivity contribution in [2.45, 2.75) is 11.8 Å². The van der Waals surface area contributed by atoms with Crippen LogP contribution in [0.25, 0.3) is 11.3 Å². The summed E-state index contributed by atoms with van der Waals surface area (Å²) in [5.74, 6) is 0.311. The molecule has 0 bridgehead atoms. The van der Waals surface area contributed by atoms with E-state index >= 15 is 0 Å². The maximum absolute atomic E-state index is 12.5. The molecule has 0 radical (unpaired) electrons. The molecule has 28 heavy (non-hydrogen) atoms. The summed E-state index contributed by atoms with van der Waals surface area (Å²) in [5.41, 5.74) is 1.81. The SMILES string of the molecule is COc1ccc(-c2nc(NC(=O)c3ccc(SC)c([N+](=O)[O-])c3)sc2C)cc1. The van der Waals surface area contributed by atoms with Crippen molar-refractivity contribution in [3.05, 3.63) is 63.0 Å². The van der Waals surface area contributed by atoms with E-state index in [9.17, 15) is 14.9 Å². The predicted octanol–water partition coefficient (Wildman–Crippen LogP) is 5.01. The lowest BCUT2D eigenvalue weighted by Gasteiger charge is -2.04. The van der Waals surface area contributed by atoms with Crippen LogP contribution in [0.3, 0.4) is 0 Å². The number of thiazole rings is 1. The largest absolute Gasteiger partial charge is 0.497 e. The Morgan fingerprint density at radius 1 is 1.25 bits per heavy atom. The number of hydrogen-bond donors (Lipinski definition) is 1. The molecule has 7 nitrogen and oxygen atoms in total. The molecule has 1 aromatic heterocycles. The van der Waals surface area contributed by atoms with Gasteiger partial charge in [0, 0.05) is 22.1 Å². The van der Waals surface area contributed by atoms with Crippen molar-refractivity contribution >= 4 is 39.8 Å². The highest BCUT2D eigenvalue weighted by Gasteiger charge is 2.18. The maximum Gasteiger partial charge on any atom is 0.283 e. The van der Waals surface area contributed by atoms with Gasteiger partial charge in [-0.3, -0.25) is 20.2 Å². The second-order valence-electron chi connectivity index (χ2n) is 5.75. The highest BCUT2D eigenvalue weighted by atomic mass is 32.2. The van der Waals surface area contributed by atoms with E-state index in [0.29, 0.717) is 10.0 Å². The number of carbonyl (C=O) groups is 1. The van der Waals surface area contributed by atoms with Gasteiger partial charge in [-0.05, 0) is 49.6 Å². The molecule has 3 rings (SSSR count). The molecule has 144 valence electrons. The number of nitrogens with one attached hydrogen (secondary N) is 1. The van der Waals surface area contributed by atoms with Crippen molar-refractivity contribution in [2.24, 2.45) is 0 Å². The van der Waals surface area contributed by atoms with Gasteiger partial charge in [0.1, 0.15) is 5.75 Å². The molecule has 0 fully saturated rings. The Kier molecular flexibility index (Phi) is 5.96. The average molecular weight is 415 g/mol. The van der Waals surface area contributed by atoms with Gasteiger partial charge in [-0.15, -0.1) is 23.1 Å². The zero-order valence-electron chi connectivity index (χ0n) is 15.4. The van der Waals surface area contributed by atoms with E-state index in [4.69, 9.17) is 4.74 Å². The fourth-order valence-corrected chi connectivity index (χ4v) is 3.99. The van der Waals surface area contributed by atoms with Gasteiger partial charge in [-0.25, -0.2) is 4.98 Å². The van der Waals surface area contributed by atoms with Crippen LogP contribution in [-0.2, 0) is 0 Å². The number of anilines is 1. The first-order chi connectivity index (χ1) is 13.4. The Morgan fingerprint density at radius 3 is 2.57 bits per heavy atom. The molecule has 1 N–H and O–H groups in total. The maximum atomic E-state index is 12.5. The molecular weight excluding hydrogens is 398 g/mol.